The fourth-order valence-corrected chi connectivity index (χ4v) is 2.34. The second-order valence-corrected chi connectivity index (χ2v) is 4.89. The van der Waals surface area contributed by atoms with Crippen LogP contribution in [0.2, 0.25) is 0 Å². The van der Waals surface area contributed by atoms with E-state index in [0.29, 0.717) is 6.79 Å². The molecule has 0 spiro atoms. The SMILES string of the molecule is CCn1cncc1CNC(C)c1ccc2c(c1)OCO2. The van der Waals surface area contributed by atoms with Gasteiger partial charge in [0.25, 0.3) is 0 Å². The van der Waals surface area contributed by atoms with E-state index in [1.165, 1.54) is 11.3 Å². The number of imidazole rings is 1. The molecule has 0 aliphatic carbocycles. The van der Waals surface area contributed by atoms with Crippen LogP contribution >= 0.6 is 0 Å². The van der Waals surface area contributed by atoms with E-state index in [9.17, 15) is 0 Å². The van der Waals surface area contributed by atoms with Crippen molar-refractivity contribution in [1.82, 2.24) is 14.9 Å². The molecule has 1 aliphatic rings. The normalized spacial score (nSPS) is 14.5. The molecule has 0 saturated heterocycles. The molecule has 1 unspecified atom stereocenters. The van der Waals surface area contributed by atoms with Gasteiger partial charge in [-0.25, -0.2) is 4.98 Å². The maximum Gasteiger partial charge on any atom is 0.231 e. The van der Waals surface area contributed by atoms with Gasteiger partial charge in [-0.3, -0.25) is 0 Å². The molecule has 0 bridgehead atoms. The fourth-order valence-electron chi connectivity index (χ4n) is 2.34. The van der Waals surface area contributed by atoms with Crippen molar-refractivity contribution < 1.29 is 9.47 Å². The Morgan fingerprint density at radius 1 is 1.35 bits per heavy atom. The summed E-state index contributed by atoms with van der Waals surface area (Å²) in [6.45, 7) is 6.31. The van der Waals surface area contributed by atoms with Crippen molar-refractivity contribution in [2.24, 2.45) is 0 Å². The van der Waals surface area contributed by atoms with E-state index < -0.39 is 0 Å². The molecule has 0 saturated carbocycles. The lowest BCUT2D eigenvalue weighted by molar-refractivity contribution is 0.174. The Morgan fingerprint density at radius 2 is 2.20 bits per heavy atom. The van der Waals surface area contributed by atoms with Gasteiger partial charge >= 0.3 is 0 Å². The summed E-state index contributed by atoms with van der Waals surface area (Å²) in [4.78, 5) is 4.18. The van der Waals surface area contributed by atoms with Gasteiger partial charge < -0.3 is 19.4 Å². The molecule has 1 aromatic carbocycles. The van der Waals surface area contributed by atoms with Gasteiger partial charge in [-0.2, -0.15) is 0 Å². The average Bonchev–Trinajstić information content (AvgIpc) is 3.12. The quantitative estimate of drug-likeness (QED) is 0.909. The zero-order valence-electron chi connectivity index (χ0n) is 11.8. The third kappa shape index (κ3) is 2.49. The number of hydrogen-bond donors (Lipinski definition) is 1. The maximum atomic E-state index is 5.41. The molecule has 1 aromatic heterocycles. The minimum atomic E-state index is 0.240. The summed E-state index contributed by atoms with van der Waals surface area (Å²) in [6.07, 6.45) is 3.77. The number of fused-ring (bicyclic) bond motifs is 1. The summed E-state index contributed by atoms with van der Waals surface area (Å²) in [5.74, 6) is 1.65. The van der Waals surface area contributed by atoms with E-state index in [1.807, 2.05) is 24.7 Å². The molecule has 2 heterocycles. The topological polar surface area (TPSA) is 48.3 Å². The van der Waals surface area contributed by atoms with Crippen molar-refractivity contribution in [1.29, 1.82) is 0 Å². The Bertz CT molecular complexity index is 595. The lowest BCUT2D eigenvalue weighted by atomic mass is 10.1. The van der Waals surface area contributed by atoms with Gasteiger partial charge in [0.15, 0.2) is 11.5 Å². The van der Waals surface area contributed by atoms with E-state index in [1.54, 1.807) is 0 Å². The van der Waals surface area contributed by atoms with Gasteiger partial charge in [0.2, 0.25) is 6.79 Å². The van der Waals surface area contributed by atoms with Crippen LogP contribution in [0.15, 0.2) is 30.7 Å². The van der Waals surface area contributed by atoms with E-state index in [4.69, 9.17) is 9.47 Å². The lowest BCUT2D eigenvalue weighted by Crippen LogP contribution is -2.19. The summed E-state index contributed by atoms with van der Waals surface area (Å²) in [5, 5.41) is 3.51. The highest BCUT2D eigenvalue weighted by Gasteiger charge is 2.15. The number of aryl methyl sites for hydroxylation is 1. The number of ether oxygens (including phenoxy) is 2. The highest BCUT2D eigenvalue weighted by molar-refractivity contribution is 5.45. The highest BCUT2D eigenvalue weighted by Crippen LogP contribution is 2.34. The Kier molecular flexibility index (Phi) is 3.60. The zero-order chi connectivity index (χ0) is 13.9. The molecular weight excluding hydrogens is 254 g/mol. The highest BCUT2D eigenvalue weighted by atomic mass is 16.7. The second-order valence-electron chi connectivity index (χ2n) is 4.89. The van der Waals surface area contributed by atoms with Gasteiger partial charge in [0.1, 0.15) is 0 Å². The molecule has 5 heteroatoms. The Balaban J connectivity index is 1.66. The number of hydrogen-bond acceptors (Lipinski definition) is 4. The van der Waals surface area contributed by atoms with Crippen LogP contribution in [0.4, 0.5) is 0 Å². The van der Waals surface area contributed by atoms with Crippen molar-refractivity contribution in [2.75, 3.05) is 6.79 Å². The zero-order valence-corrected chi connectivity index (χ0v) is 11.8. The van der Waals surface area contributed by atoms with Crippen LogP contribution in [-0.2, 0) is 13.1 Å². The molecule has 1 atom stereocenters. The van der Waals surface area contributed by atoms with Crippen LogP contribution in [-0.4, -0.2) is 16.3 Å². The molecule has 0 amide bonds. The van der Waals surface area contributed by atoms with Crippen LogP contribution < -0.4 is 14.8 Å². The van der Waals surface area contributed by atoms with Crippen molar-refractivity contribution in [3.8, 4) is 11.5 Å². The molecule has 106 valence electrons. The number of rotatable bonds is 5. The Labute approximate surface area is 118 Å². The summed E-state index contributed by atoms with van der Waals surface area (Å²) in [7, 11) is 0. The Morgan fingerprint density at radius 3 is 3.05 bits per heavy atom. The minimum Gasteiger partial charge on any atom is -0.454 e. The van der Waals surface area contributed by atoms with E-state index in [0.717, 1.165) is 24.6 Å². The second kappa shape index (κ2) is 5.54. The lowest BCUT2D eigenvalue weighted by Gasteiger charge is -2.15. The first-order chi connectivity index (χ1) is 9.78. The molecule has 1 aliphatic heterocycles. The van der Waals surface area contributed by atoms with Gasteiger partial charge in [-0.1, -0.05) is 6.07 Å². The van der Waals surface area contributed by atoms with Crippen LogP contribution in [0.5, 0.6) is 11.5 Å². The number of aromatic nitrogens is 2. The Hall–Kier alpha value is -2.01. The minimum absolute atomic E-state index is 0.240. The predicted octanol–water partition coefficient (Wildman–Crippen LogP) is 2.48. The summed E-state index contributed by atoms with van der Waals surface area (Å²) in [5.41, 5.74) is 2.39. The molecule has 5 nitrogen and oxygen atoms in total. The molecule has 0 fully saturated rings. The fraction of sp³-hybridized carbons (Fsp3) is 0.400. The van der Waals surface area contributed by atoms with Crippen LogP contribution in [0, 0.1) is 0 Å². The van der Waals surface area contributed by atoms with Gasteiger partial charge in [0.05, 0.1) is 12.0 Å². The third-order valence-electron chi connectivity index (χ3n) is 3.63. The van der Waals surface area contributed by atoms with Crippen molar-refractivity contribution in [3.05, 3.63) is 42.0 Å². The molecule has 1 N–H and O–H groups in total. The third-order valence-corrected chi connectivity index (χ3v) is 3.63. The molecule has 20 heavy (non-hydrogen) atoms. The maximum absolute atomic E-state index is 5.41. The molecule has 2 aromatic rings. The molecule has 3 rings (SSSR count). The van der Waals surface area contributed by atoms with Crippen molar-refractivity contribution in [2.45, 2.75) is 33.0 Å². The van der Waals surface area contributed by atoms with Crippen molar-refractivity contribution in [3.63, 3.8) is 0 Å². The first kappa shape index (κ1) is 13.0. The van der Waals surface area contributed by atoms with Gasteiger partial charge in [-0.05, 0) is 31.5 Å². The van der Waals surface area contributed by atoms with Crippen LogP contribution in [0.25, 0.3) is 0 Å². The number of benzene rings is 1. The molecular formula is C15H19N3O2. The van der Waals surface area contributed by atoms with Crippen molar-refractivity contribution >= 4 is 0 Å². The van der Waals surface area contributed by atoms with Crippen LogP contribution in [0.1, 0.15) is 31.1 Å². The van der Waals surface area contributed by atoms with Gasteiger partial charge in [0, 0.05) is 25.3 Å². The number of nitrogens with zero attached hydrogens (tertiary/aromatic N) is 2. The monoisotopic (exact) mass is 273 g/mol. The van der Waals surface area contributed by atoms with Crippen LogP contribution in [0.3, 0.4) is 0 Å². The predicted molar refractivity (Wildman–Crippen MR) is 75.7 cm³/mol. The van der Waals surface area contributed by atoms with Gasteiger partial charge in [-0.15, -0.1) is 0 Å². The average molecular weight is 273 g/mol. The first-order valence-electron chi connectivity index (χ1n) is 6.90. The summed E-state index contributed by atoms with van der Waals surface area (Å²) >= 11 is 0. The largest absolute Gasteiger partial charge is 0.454 e. The summed E-state index contributed by atoms with van der Waals surface area (Å²) < 4.78 is 12.9. The summed E-state index contributed by atoms with van der Waals surface area (Å²) in [6, 6.07) is 6.32. The molecule has 0 radical (unpaired) electrons. The standard InChI is InChI=1S/C15H19N3O2/c1-3-18-9-16-7-13(18)8-17-11(2)12-4-5-14-15(6-12)20-10-19-14/h4-7,9,11,17H,3,8,10H2,1-2H3. The first-order valence-corrected chi connectivity index (χ1v) is 6.90. The smallest absolute Gasteiger partial charge is 0.231 e. The van der Waals surface area contributed by atoms with E-state index in [-0.39, 0.29) is 6.04 Å². The number of nitrogens with one attached hydrogen (secondary N) is 1. The van der Waals surface area contributed by atoms with E-state index in [2.05, 4.69) is 34.8 Å². The van der Waals surface area contributed by atoms with E-state index >= 15 is 0 Å².